The van der Waals surface area contributed by atoms with E-state index >= 15 is 0 Å². The Kier molecular flexibility index (Phi) is 5.05. The van der Waals surface area contributed by atoms with Crippen molar-refractivity contribution in [2.45, 2.75) is 6.92 Å². The summed E-state index contributed by atoms with van der Waals surface area (Å²) in [6.07, 6.45) is 0. The number of methoxy groups -OCH3 is 1. The molecule has 0 N–H and O–H groups in total. The molecule has 1 rings (SSSR count). The predicted molar refractivity (Wildman–Crippen MR) is 37.6 cm³/mol. The van der Waals surface area contributed by atoms with Crippen molar-refractivity contribution in [3.05, 3.63) is 29.3 Å². The van der Waals surface area contributed by atoms with Gasteiger partial charge < -0.3 is 4.74 Å². The molecule has 0 unspecified atom stereocenters. The molecule has 0 aliphatic heterocycles. The molecule has 12 heavy (non-hydrogen) atoms. The van der Waals surface area contributed by atoms with Gasteiger partial charge in [-0.1, -0.05) is 6.07 Å². The van der Waals surface area contributed by atoms with E-state index in [-0.39, 0.29) is 43.5 Å². The fourth-order valence-electron chi connectivity index (χ4n) is 0.879. The molecule has 0 radical (unpaired) electrons. The molecule has 1 aromatic carbocycles. The number of halogens is 2. The van der Waals surface area contributed by atoms with E-state index in [1.807, 2.05) is 0 Å². The van der Waals surface area contributed by atoms with E-state index in [9.17, 15) is 8.78 Å². The SMILES string of the molecule is COc1c(C)ccc(F)c1F.[Ar]. The minimum Gasteiger partial charge on any atom is -0.493 e. The summed E-state index contributed by atoms with van der Waals surface area (Å²) < 4.78 is 29.9. The summed E-state index contributed by atoms with van der Waals surface area (Å²) in [5, 5.41) is 0. The third kappa shape index (κ3) is 2.31. The van der Waals surface area contributed by atoms with Crippen molar-refractivity contribution < 1.29 is 51.3 Å². The number of hydrogen-bond acceptors (Lipinski definition) is 1. The Morgan fingerprint density at radius 2 is 1.83 bits per heavy atom. The number of rotatable bonds is 1. The van der Waals surface area contributed by atoms with Crippen molar-refractivity contribution in [2.24, 2.45) is 0 Å². The van der Waals surface area contributed by atoms with Crippen LogP contribution in [-0.2, 0) is 0 Å². The van der Waals surface area contributed by atoms with Crippen LogP contribution in [0, 0.1) is 56.3 Å². The maximum absolute atomic E-state index is 12.8. The minimum atomic E-state index is -0.924. The van der Waals surface area contributed by atoms with Crippen LogP contribution in [0.25, 0.3) is 0 Å². The molecule has 0 aliphatic carbocycles. The molecule has 0 amide bonds. The first-order chi connectivity index (χ1) is 5.16. The summed E-state index contributed by atoms with van der Waals surface area (Å²) >= 11 is 0. The Morgan fingerprint density at radius 1 is 1.25 bits per heavy atom. The van der Waals surface area contributed by atoms with Gasteiger partial charge >= 0.3 is 0 Å². The van der Waals surface area contributed by atoms with Gasteiger partial charge in [0.1, 0.15) is 0 Å². The maximum atomic E-state index is 12.8. The molecule has 0 aliphatic rings. The van der Waals surface area contributed by atoms with Gasteiger partial charge in [0, 0.05) is 37.7 Å². The van der Waals surface area contributed by atoms with Crippen LogP contribution in [0.15, 0.2) is 12.1 Å². The molecule has 0 atom stereocenters. The second-order valence-electron chi connectivity index (χ2n) is 2.21. The average Bonchev–Trinajstić information content (AvgIpc) is 1.99. The van der Waals surface area contributed by atoms with Crippen LogP contribution in [0.2, 0.25) is 0 Å². The third-order valence-corrected chi connectivity index (χ3v) is 1.45. The predicted octanol–water partition coefficient (Wildman–Crippen LogP) is 2.28. The topological polar surface area (TPSA) is 9.23 Å². The van der Waals surface area contributed by atoms with E-state index in [0.717, 1.165) is 6.07 Å². The molecule has 0 fully saturated rings. The number of aryl methyl sites for hydroxylation is 1. The van der Waals surface area contributed by atoms with Crippen LogP contribution in [0.3, 0.4) is 0 Å². The molecule has 0 saturated heterocycles. The van der Waals surface area contributed by atoms with Gasteiger partial charge in [-0.3, -0.25) is 0 Å². The van der Waals surface area contributed by atoms with Crippen molar-refractivity contribution >= 4 is 0 Å². The zero-order valence-corrected chi connectivity index (χ0v) is 7.38. The average molecular weight is 198 g/mol. The Balaban J connectivity index is 0.00000121. The van der Waals surface area contributed by atoms with Gasteiger partial charge in [0.2, 0.25) is 5.82 Å². The van der Waals surface area contributed by atoms with Gasteiger partial charge in [0.25, 0.3) is 0 Å². The molecule has 1 aromatic rings. The third-order valence-electron chi connectivity index (χ3n) is 1.45. The zero-order valence-electron chi connectivity index (χ0n) is 6.67. The van der Waals surface area contributed by atoms with E-state index in [1.165, 1.54) is 13.2 Å². The Hall–Kier alpha value is 0.140. The summed E-state index contributed by atoms with van der Waals surface area (Å²) in [5.41, 5.74) is 0.589. The van der Waals surface area contributed by atoms with Crippen LogP contribution in [0.5, 0.6) is 5.75 Å². The first kappa shape index (κ1) is 12.1. The van der Waals surface area contributed by atoms with Crippen molar-refractivity contribution in [1.82, 2.24) is 0 Å². The quantitative estimate of drug-likeness (QED) is 0.672. The van der Waals surface area contributed by atoms with Crippen LogP contribution >= 0.6 is 0 Å². The molecule has 0 saturated carbocycles. The largest absolute Gasteiger partial charge is 0.493 e. The second-order valence-corrected chi connectivity index (χ2v) is 2.21. The first-order valence-electron chi connectivity index (χ1n) is 3.15. The smallest absolute Gasteiger partial charge is 0.200 e. The van der Waals surface area contributed by atoms with Crippen molar-refractivity contribution in [2.75, 3.05) is 7.11 Å². The summed E-state index contributed by atoms with van der Waals surface area (Å²) in [6.45, 7) is 1.65. The summed E-state index contributed by atoms with van der Waals surface area (Å²) in [5.74, 6) is -1.83. The fraction of sp³-hybridized carbons (Fsp3) is 0.250. The molecule has 0 heterocycles. The Morgan fingerprint density at radius 3 is 2.25 bits per heavy atom. The van der Waals surface area contributed by atoms with E-state index in [2.05, 4.69) is 4.74 Å². The van der Waals surface area contributed by atoms with Crippen LogP contribution in [0.1, 0.15) is 5.56 Å². The number of benzene rings is 1. The zero-order chi connectivity index (χ0) is 8.43. The van der Waals surface area contributed by atoms with Crippen molar-refractivity contribution in [3.8, 4) is 5.75 Å². The van der Waals surface area contributed by atoms with Gasteiger partial charge in [-0.15, -0.1) is 0 Å². The normalized spacial score (nSPS) is 9.00. The van der Waals surface area contributed by atoms with E-state index in [4.69, 9.17) is 0 Å². The van der Waals surface area contributed by atoms with Gasteiger partial charge in [-0.25, -0.2) is 4.39 Å². The van der Waals surface area contributed by atoms with E-state index in [0.29, 0.717) is 5.56 Å². The summed E-state index contributed by atoms with van der Waals surface area (Å²) in [7, 11) is 1.31. The van der Waals surface area contributed by atoms with Gasteiger partial charge in [0.15, 0.2) is 11.6 Å². The molecular weight excluding hydrogens is 190 g/mol. The standard InChI is InChI=1S/C8H8F2O.Ar/c1-5-3-4-6(9)7(10)8(5)11-2;/h3-4H,1-2H3;. The monoisotopic (exact) mass is 198 g/mol. The second kappa shape index (κ2) is 5.00. The van der Waals surface area contributed by atoms with Crippen LogP contribution < -0.4 is 4.74 Å². The van der Waals surface area contributed by atoms with Crippen LogP contribution in [-0.4, -0.2) is 7.11 Å². The minimum absolute atomic E-state index is 0. The van der Waals surface area contributed by atoms with Crippen molar-refractivity contribution in [3.63, 3.8) is 0 Å². The number of ether oxygens (including phenoxy) is 1. The Labute approximate surface area is 99.7 Å². The van der Waals surface area contributed by atoms with Gasteiger partial charge in [0.05, 0.1) is 7.11 Å². The van der Waals surface area contributed by atoms with Crippen molar-refractivity contribution in [1.29, 1.82) is 0 Å². The van der Waals surface area contributed by atoms with E-state index < -0.39 is 11.6 Å². The van der Waals surface area contributed by atoms with Crippen LogP contribution in [0.4, 0.5) is 8.78 Å². The molecule has 1 nitrogen and oxygen atoms in total. The summed E-state index contributed by atoms with van der Waals surface area (Å²) in [6, 6.07) is 2.55. The van der Waals surface area contributed by atoms with E-state index in [1.54, 1.807) is 6.92 Å². The fourth-order valence-corrected chi connectivity index (χ4v) is 0.879. The maximum Gasteiger partial charge on any atom is 0.200 e. The van der Waals surface area contributed by atoms with Gasteiger partial charge in [-0.2, -0.15) is 4.39 Å². The molecule has 0 spiro atoms. The first-order valence-corrected chi connectivity index (χ1v) is 3.15. The molecular formula is C8H8ArF2O. The number of hydrogen-bond donors (Lipinski definition) is 0. The molecule has 68 valence electrons. The molecule has 0 bridgehead atoms. The summed E-state index contributed by atoms with van der Waals surface area (Å²) in [4.78, 5) is 0. The van der Waals surface area contributed by atoms with Gasteiger partial charge in [-0.05, 0) is 18.6 Å². The Bertz CT molecular complexity index is 276. The molecule has 4 heteroatoms. The molecule has 0 aromatic heterocycles.